The van der Waals surface area contributed by atoms with E-state index in [9.17, 15) is 26.0 Å². The molecule has 1 aromatic rings. The molecular weight excluding hydrogens is 312 g/mol. The van der Waals surface area contributed by atoms with Crippen molar-refractivity contribution in [3.63, 3.8) is 0 Å². The van der Waals surface area contributed by atoms with Crippen LogP contribution >= 0.6 is 0 Å². The summed E-state index contributed by atoms with van der Waals surface area (Å²) in [5.74, 6) is -1.10. The second kappa shape index (κ2) is 6.41. The quantitative estimate of drug-likeness (QED) is 0.782. The molecule has 1 rings (SSSR count). The number of hydrogen-bond acceptors (Lipinski definition) is 3. The fourth-order valence-electron chi connectivity index (χ4n) is 1.62. The van der Waals surface area contributed by atoms with Crippen LogP contribution in [-0.4, -0.2) is 32.0 Å². The molecule has 4 nitrogen and oxygen atoms in total. The smallest absolute Gasteiger partial charge is 0.207 e. The Kier molecular flexibility index (Phi) is 5.31. The third-order valence-corrected chi connectivity index (χ3v) is 4.47. The lowest BCUT2D eigenvalue weighted by molar-refractivity contribution is -0.136. The van der Waals surface area contributed by atoms with E-state index in [4.69, 9.17) is 5.26 Å². The molecule has 0 aliphatic carbocycles. The number of hydrogen-bond donors (Lipinski definition) is 0. The minimum Gasteiger partial charge on any atom is -0.207 e. The summed E-state index contributed by atoms with van der Waals surface area (Å²) < 4.78 is 75.7. The molecule has 116 valence electrons. The number of benzene rings is 1. The maximum absolute atomic E-state index is 13.9. The third-order valence-electron chi connectivity index (χ3n) is 2.60. The van der Waals surface area contributed by atoms with E-state index in [0.29, 0.717) is 0 Å². The highest BCUT2D eigenvalue weighted by atomic mass is 32.2. The van der Waals surface area contributed by atoms with Crippen LogP contribution < -0.4 is 0 Å². The number of rotatable bonds is 5. The van der Waals surface area contributed by atoms with Crippen molar-refractivity contribution in [2.75, 3.05) is 13.1 Å². The Labute approximate surface area is 119 Å². The highest BCUT2D eigenvalue weighted by molar-refractivity contribution is 7.89. The number of halogens is 4. The lowest BCUT2D eigenvalue weighted by Gasteiger charge is -2.22. The average molecular weight is 324 g/mol. The van der Waals surface area contributed by atoms with Crippen LogP contribution in [0.15, 0.2) is 23.1 Å². The molecule has 0 fully saturated rings. The molecule has 0 N–H and O–H groups in total. The molecule has 0 aliphatic rings. The van der Waals surface area contributed by atoms with Gasteiger partial charge in [-0.3, -0.25) is 0 Å². The van der Waals surface area contributed by atoms with Crippen LogP contribution in [0.4, 0.5) is 17.6 Å². The SMILES string of the molecule is Cc1cccc(S(=O)(=O)N(CCC#N)CC(F)(F)F)c1F. The molecule has 0 aromatic heterocycles. The van der Waals surface area contributed by atoms with Crippen LogP contribution in [0.5, 0.6) is 0 Å². The van der Waals surface area contributed by atoms with E-state index in [1.54, 1.807) is 6.07 Å². The first-order valence-electron chi connectivity index (χ1n) is 5.78. The highest BCUT2D eigenvalue weighted by Crippen LogP contribution is 2.25. The molecule has 0 radical (unpaired) electrons. The van der Waals surface area contributed by atoms with E-state index in [1.807, 2.05) is 0 Å². The fraction of sp³-hybridized carbons (Fsp3) is 0.417. The summed E-state index contributed by atoms with van der Waals surface area (Å²) in [6.07, 6.45) is -5.22. The van der Waals surface area contributed by atoms with Crippen LogP contribution in [0.1, 0.15) is 12.0 Å². The summed E-state index contributed by atoms with van der Waals surface area (Å²) in [7, 11) is -4.67. The van der Waals surface area contributed by atoms with Crippen molar-refractivity contribution in [1.82, 2.24) is 4.31 Å². The van der Waals surface area contributed by atoms with E-state index < -0.39 is 46.4 Å². The molecule has 0 aliphatic heterocycles. The van der Waals surface area contributed by atoms with Gasteiger partial charge in [-0.25, -0.2) is 12.8 Å². The van der Waals surface area contributed by atoms with Gasteiger partial charge in [-0.15, -0.1) is 0 Å². The van der Waals surface area contributed by atoms with Crippen LogP contribution in [0.3, 0.4) is 0 Å². The topological polar surface area (TPSA) is 61.2 Å². The number of sulfonamides is 1. The summed E-state index contributed by atoms with van der Waals surface area (Å²) in [6.45, 7) is -1.13. The van der Waals surface area contributed by atoms with Crippen molar-refractivity contribution in [2.45, 2.75) is 24.4 Å². The molecule has 0 spiro atoms. The van der Waals surface area contributed by atoms with E-state index in [1.165, 1.54) is 19.1 Å². The van der Waals surface area contributed by atoms with Crippen molar-refractivity contribution in [3.8, 4) is 6.07 Å². The van der Waals surface area contributed by atoms with E-state index in [-0.39, 0.29) is 9.87 Å². The van der Waals surface area contributed by atoms with Gasteiger partial charge < -0.3 is 0 Å². The van der Waals surface area contributed by atoms with E-state index in [0.717, 1.165) is 6.07 Å². The van der Waals surface area contributed by atoms with Crippen molar-refractivity contribution in [1.29, 1.82) is 5.26 Å². The molecule has 0 bridgehead atoms. The molecule has 9 heteroatoms. The van der Waals surface area contributed by atoms with Crippen molar-refractivity contribution >= 4 is 10.0 Å². The van der Waals surface area contributed by atoms with Gasteiger partial charge in [0.1, 0.15) is 17.3 Å². The average Bonchev–Trinajstić information content (AvgIpc) is 2.36. The molecule has 0 atom stereocenters. The van der Waals surface area contributed by atoms with Crippen molar-refractivity contribution < 1.29 is 26.0 Å². The lowest BCUT2D eigenvalue weighted by atomic mass is 10.2. The molecular formula is C12H12F4N2O2S. The third kappa shape index (κ3) is 4.41. The fourth-order valence-corrected chi connectivity index (χ4v) is 3.18. The van der Waals surface area contributed by atoms with Gasteiger partial charge in [0.2, 0.25) is 10.0 Å². The maximum Gasteiger partial charge on any atom is 0.402 e. The van der Waals surface area contributed by atoms with Gasteiger partial charge >= 0.3 is 6.18 Å². The Balaban J connectivity index is 3.27. The first-order valence-corrected chi connectivity index (χ1v) is 7.22. The van der Waals surface area contributed by atoms with Gasteiger partial charge in [-0.2, -0.15) is 22.7 Å². The van der Waals surface area contributed by atoms with Crippen molar-refractivity contribution in [3.05, 3.63) is 29.6 Å². The largest absolute Gasteiger partial charge is 0.402 e. The molecule has 0 saturated heterocycles. The van der Waals surface area contributed by atoms with Crippen LogP contribution in [0.2, 0.25) is 0 Å². The molecule has 0 heterocycles. The molecule has 21 heavy (non-hydrogen) atoms. The van der Waals surface area contributed by atoms with Gasteiger partial charge in [0, 0.05) is 13.0 Å². The van der Waals surface area contributed by atoms with Gasteiger partial charge in [0.25, 0.3) is 0 Å². The number of aryl methyl sites for hydroxylation is 1. The summed E-state index contributed by atoms with van der Waals surface area (Å²) in [4.78, 5) is -0.829. The molecule has 1 aromatic carbocycles. The van der Waals surface area contributed by atoms with E-state index >= 15 is 0 Å². The van der Waals surface area contributed by atoms with E-state index in [2.05, 4.69) is 0 Å². The Morgan fingerprint density at radius 3 is 2.48 bits per heavy atom. The Morgan fingerprint density at radius 2 is 1.95 bits per heavy atom. The highest BCUT2D eigenvalue weighted by Gasteiger charge is 2.37. The molecule has 0 saturated carbocycles. The number of alkyl halides is 3. The first kappa shape index (κ1) is 17.4. The zero-order valence-electron chi connectivity index (χ0n) is 11.0. The normalized spacial score (nSPS) is 12.4. The molecule has 0 unspecified atom stereocenters. The zero-order valence-corrected chi connectivity index (χ0v) is 11.8. The lowest BCUT2D eigenvalue weighted by Crippen LogP contribution is -2.39. The number of nitrogens with zero attached hydrogens (tertiary/aromatic N) is 2. The predicted octanol–water partition coefficient (Wildman–Crippen LogP) is 2.60. The summed E-state index contributed by atoms with van der Waals surface area (Å²) in [6, 6.07) is 5.00. The summed E-state index contributed by atoms with van der Waals surface area (Å²) >= 11 is 0. The van der Waals surface area contributed by atoms with Crippen LogP contribution in [-0.2, 0) is 10.0 Å². The standard InChI is InChI=1S/C12H12F4N2O2S/c1-9-4-2-5-10(11(9)13)21(19,20)18(7-3-6-17)8-12(14,15)16/h2,4-5H,3,7-8H2,1H3. The van der Waals surface area contributed by atoms with Gasteiger partial charge in [0.05, 0.1) is 6.07 Å². The Bertz CT molecular complexity index is 650. The van der Waals surface area contributed by atoms with Crippen molar-refractivity contribution in [2.24, 2.45) is 0 Å². The van der Waals surface area contributed by atoms with Gasteiger partial charge in [0.15, 0.2) is 0 Å². The van der Waals surface area contributed by atoms with Gasteiger partial charge in [-0.05, 0) is 18.6 Å². The van der Waals surface area contributed by atoms with Gasteiger partial charge in [-0.1, -0.05) is 12.1 Å². The monoisotopic (exact) mass is 324 g/mol. The minimum atomic E-state index is -4.79. The summed E-state index contributed by atoms with van der Waals surface area (Å²) in [5, 5.41) is 8.42. The first-order chi connectivity index (χ1) is 9.59. The Morgan fingerprint density at radius 1 is 1.33 bits per heavy atom. The number of nitriles is 1. The molecule has 0 amide bonds. The second-order valence-electron chi connectivity index (χ2n) is 4.25. The van der Waals surface area contributed by atoms with Crippen LogP contribution in [0.25, 0.3) is 0 Å². The predicted molar refractivity (Wildman–Crippen MR) is 66.2 cm³/mol. The second-order valence-corrected chi connectivity index (χ2v) is 6.16. The Hall–Kier alpha value is -1.66. The zero-order chi connectivity index (χ0) is 16.3. The van der Waals surface area contributed by atoms with Crippen LogP contribution in [0, 0.1) is 24.1 Å². The maximum atomic E-state index is 13.9. The summed E-state index contributed by atoms with van der Waals surface area (Å²) in [5.41, 5.74) is 0.00307. The minimum absolute atomic E-state index is 0.00307.